The van der Waals surface area contributed by atoms with E-state index in [1.807, 2.05) is 6.07 Å². The van der Waals surface area contributed by atoms with Gasteiger partial charge in [-0.2, -0.15) is 0 Å². The SMILES string of the molecule is O=[N+]([O-])c1ccc(CBr)c(Oc2cc(Cl)ccc2CBr)c1. The fourth-order valence-corrected chi connectivity index (χ4v) is 2.80. The molecule has 110 valence electrons. The van der Waals surface area contributed by atoms with Crippen molar-refractivity contribution in [2.75, 3.05) is 0 Å². The number of nitro groups is 1. The zero-order chi connectivity index (χ0) is 15.4. The van der Waals surface area contributed by atoms with E-state index >= 15 is 0 Å². The Hall–Kier alpha value is -1.11. The van der Waals surface area contributed by atoms with Gasteiger partial charge in [0.1, 0.15) is 11.5 Å². The van der Waals surface area contributed by atoms with E-state index in [9.17, 15) is 10.1 Å². The van der Waals surface area contributed by atoms with Gasteiger partial charge in [0.2, 0.25) is 0 Å². The van der Waals surface area contributed by atoms with Gasteiger partial charge in [-0.3, -0.25) is 10.1 Å². The predicted octanol–water partition coefficient (Wildman–Crippen LogP) is 5.83. The second-order valence-corrected chi connectivity index (χ2v) is 5.73. The van der Waals surface area contributed by atoms with Gasteiger partial charge in [0.05, 0.1) is 11.0 Å². The van der Waals surface area contributed by atoms with Crippen molar-refractivity contribution in [1.29, 1.82) is 0 Å². The summed E-state index contributed by atoms with van der Waals surface area (Å²) in [6, 6.07) is 9.83. The molecule has 0 N–H and O–H groups in total. The Kier molecular flexibility index (Phi) is 5.61. The molecule has 0 spiro atoms. The van der Waals surface area contributed by atoms with Crippen molar-refractivity contribution in [2.24, 2.45) is 0 Å². The largest absolute Gasteiger partial charge is 0.456 e. The van der Waals surface area contributed by atoms with Crippen LogP contribution in [-0.4, -0.2) is 4.92 Å². The number of hydrogen-bond donors (Lipinski definition) is 0. The summed E-state index contributed by atoms with van der Waals surface area (Å²) in [5.41, 5.74) is 1.71. The van der Waals surface area contributed by atoms with Crippen molar-refractivity contribution < 1.29 is 9.66 Å². The Morgan fingerprint density at radius 1 is 1.05 bits per heavy atom. The highest BCUT2D eigenvalue weighted by atomic mass is 79.9. The standard InChI is InChI=1S/C14H10Br2ClNO3/c15-7-9-1-3-11(17)5-13(9)21-14-6-12(18(19)20)4-2-10(14)8-16/h1-6H,7-8H2. The van der Waals surface area contributed by atoms with E-state index in [-0.39, 0.29) is 5.69 Å². The van der Waals surface area contributed by atoms with Crippen LogP contribution in [0.1, 0.15) is 11.1 Å². The zero-order valence-corrected chi connectivity index (χ0v) is 14.6. The maximum absolute atomic E-state index is 10.9. The summed E-state index contributed by atoms with van der Waals surface area (Å²) in [7, 11) is 0. The molecule has 2 aromatic carbocycles. The molecule has 21 heavy (non-hydrogen) atoms. The lowest BCUT2D eigenvalue weighted by molar-refractivity contribution is -0.384. The van der Waals surface area contributed by atoms with Crippen LogP contribution in [-0.2, 0) is 10.7 Å². The molecule has 0 heterocycles. The van der Waals surface area contributed by atoms with E-state index in [0.29, 0.717) is 27.2 Å². The van der Waals surface area contributed by atoms with Gasteiger partial charge in [-0.25, -0.2) is 0 Å². The first-order valence-corrected chi connectivity index (χ1v) is 8.52. The Morgan fingerprint density at radius 3 is 2.19 bits per heavy atom. The highest BCUT2D eigenvalue weighted by Crippen LogP contribution is 2.34. The lowest BCUT2D eigenvalue weighted by atomic mass is 10.2. The van der Waals surface area contributed by atoms with Crippen LogP contribution in [0.15, 0.2) is 36.4 Å². The molecule has 4 nitrogen and oxygen atoms in total. The molecule has 0 aliphatic heterocycles. The molecule has 2 aromatic rings. The van der Waals surface area contributed by atoms with E-state index in [4.69, 9.17) is 16.3 Å². The summed E-state index contributed by atoms with van der Waals surface area (Å²) in [5, 5.41) is 12.6. The average molecular weight is 435 g/mol. The van der Waals surface area contributed by atoms with E-state index in [0.717, 1.165) is 11.1 Å². The molecule has 2 rings (SSSR count). The first kappa shape index (κ1) is 16.3. The van der Waals surface area contributed by atoms with Crippen LogP contribution in [0.5, 0.6) is 11.5 Å². The van der Waals surface area contributed by atoms with Crippen molar-refractivity contribution in [3.63, 3.8) is 0 Å². The summed E-state index contributed by atoms with van der Waals surface area (Å²) in [6.45, 7) is 0. The molecule has 0 amide bonds. The first-order valence-electron chi connectivity index (χ1n) is 5.90. The number of nitrogens with zero attached hydrogens (tertiary/aromatic N) is 1. The van der Waals surface area contributed by atoms with E-state index < -0.39 is 4.92 Å². The van der Waals surface area contributed by atoms with Crippen molar-refractivity contribution in [2.45, 2.75) is 10.7 Å². The van der Waals surface area contributed by atoms with Gasteiger partial charge in [0.15, 0.2) is 0 Å². The van der Waals surface area contributed by atoms with Crippen molar-refractivity contribution >= 4 is 49.1 Å². The Labute approximate surface area is 143 Å². The molecule has 0 saturated heterocycles. The fraction of sp³-hybridized carbons (Fsp3) is 0.143. The maximum atomic E-state index is 10.9. The van der Waals surface area contributed by atoms with Gasteiger partial charge < -0.3 is 4.74 Å². The van der Waals surface area contributed by atoms with Gasteiger partial charge in [-0.15, -0.1) is 0 Å². The normalized spacial score (nSPS) is 10.4. The third-order valence-electron chi connectivity index (χ3n) is 2.80. The summed E-state index contributed by atoms with van der Waals surface area (Å²) in [4.78, 5) is 10.4. The van der Waals surface area contributed by atoms with Crippen LogP contribution in [0.3, 0.4) is 0 Å². The molecule has 0 unspecified atom stereocenters. The van der Waals surface area contributed by atoms with E-state index in [2.05, 4.69) is 31.9 Å². The van der Waals surface area contributed by atoms with Crippen LogP contribution in [0, 0.1) is 10.1 Å². The van der Waals surface area contributed by atoms with Crippen molar-refractivity contribution in [1.82, 2.24) is 0 Å². The number of nitro benzene ring substituents is 1. The predicted molar refractivity (Wildman–Crippen MR) is 89.9 cm³/mol. The third-order valence-corrected chi connectivity index (χ3v) is 4.24. The number of non-ortho nitro benzene ring substituents is 1. The van der Waals surface area contributed by atoms with Crippen LogP contribution < -0.4 is 4.74 Å². The number of benzene rings is 2. The van der Waals surface area contributed by atoms with E-state index in [1.165, 1.54) is 12.1 Å². The minimum absolute atomic E-state index is 0.0166. The molecule has 0 radical (unpaired) electrons. The molecular formula is C14H10Br2ClNO3. The Balaban J connectivity index is 2.44. The van der Waals surface area contributed by atoms with Gasteiger partial charge >= 0.3 is 0 Å². The minimum Gasteiger partial charge on any atom is -0.456 e. The molecule has 0 saturated carbocycles. The minimum atomic E-state index is -0.450. The topological polar surface area (TPSA) is 52.4 Å². The van der Waals surface area contributed by atoms with Crippen molar-refractivity contribution in [3.05, 3.63) is 62.7 Å². The molecule has 0 atom stereocenters. The monoisotopic (exact) mass is 433 g/mol. The fourth-order valence-electron chi connectivity index (χ4n) is 1.71. The molecule has 0 aromatic heterocycles. The van der Waals surface area contributed by atoms with Gasteiger partial charge in [0.25, 0.3) is 5.69 Å². The van der Waals surface area contributed by atoms with Crippen LogP contribution in [0.25, 0.3) is 0 Å². The molecule has 0 fully saturated rings. The lowest BCUT2D eigenvalue weighted by Crippen LogP contribution is -1.95. The van der Waals surface area contributed by atoms with E-state index in [1.54, 1.807) is 18.2 Å². The summed E-state index contributed by atoms with van der Waals surface area (Å²) >= 11 is 12.7. The lowest BCUT2D eigenvalue weighted by Gasteiger charge is -2.12. The maximum Gasteiger partial charge on any atom is 0.273 e. The zero-order valence-electron chi connectivity index (χ0n) is 10.7. The first-order chi connectivity index (χ1) is 10.0. The average Bonchev–Trinajstić information content (AvgIpc) is 2.47. The molecule has 0 bridgehead atoms. The highest BCUT2D eigenvalue weighted by Gasteiger charge is 2.14. The molecule has 7 heteroatoms. The quantitative estimate of drug-likeness (QED) is 0.337. The van der Waals surface area contributed by atoms with Gasteiger partial charge in [0, 0.05) is 32.9 Å². The number of ether oxygens (including phenoxy) is 1. The van der Waals surface area contributed by atoms with Crippen molar-refractivity contribution in [3.8, 4) is 11.5 Å². The Bertz CT molecular complexity index is 679. The Morgan fingerprint density at radius 2 is 1.62 bits per heavy atom. The summed E-state index contributed by atoms with van der Waals surface area (Å²) in [5.74, 6) is 1.01. The molecule has 0 aliphatic rings. The number of alkyl halides is 2. The van der Waals surface area contributed by atoms with Crippen LogP contribution in [0.2, 0.25) is 5.02 Å². The highest BCUT2D eigenvalue weighted by molar-refractivity contribution is 9.08. The summed E-state index contributed by atoms with van der Waals surface area (Å²) in [6.07, 6.45) is 0. The second kappa shape index (κ2) is 7.24. The van der Waals surface area contributed by atoms with Gasteiger partial charge in [-0.05, 0) is 18.2 Å². The number of rotatable bonds is 5. The third kappa shape index (κ3) is 3.96. The summed E-state index contributed by atoms with van der Waals surface area (Å²) < 4.78 is 5.85. The van der Waals surface area contributed by atoms with Crippen LogP contribution >= 0.6 is 43.5 Å². The number of halogens is 3. The van der Waals surface area contributed by atoms with Gasteiger partial charge in [-0.1, -0.05) is 49.5 Å². The molecular weight excluding hydrogens is 425 g/mol. The number of hydrogen-bond acceptors (Lipinski definition) is 3. The second-order valence-electron chi connectivity index (χ2n) is 4.17. The molecule has 0 aliphatic carbocycles. The smallest absolute Gasteiger partial charge is 0.273 e. The van der Waals surface area contributed by atoms with Crippen LogP contribution in [0.4, 0.5) is 5.69 Å².